The number of methoxy groups -OCH3 is 2. The lowest BCUT2D eigenvalue weighted by Crippen LogP contribution is -2.20. The second-order valence-electron chi connectivity index (χ2n) is 6.33. The molecule has 0 unspecified atom stereocenters. The number of hydrogen-bond donors (Lipinski definition) is 1. The third-order valence-corrected chi connectivity index (χ3v) is 4.22. The number of benzene rings is 2. The highest BCUT2D eigenvalue weighted by molar-refractivity contribution is 5.92. The van der Waals surface area contributed by atoms with Crippen LogP contribution >= 0.6 is 0 Å². The van der Waals surface area contributed by atoms with Crippen molar-refractivity contribution in [3.8, 4) is 29.1 Å². The van der Waals surface area contributed by atoms with Gasteiger partial charge >= 0.3 is 0 Å². The van der Waals surface area contributed by atoms with E-state index in [0.717, 1.165) is 5.56 Å². The molecule has 8 nitrogen and oxygen atoms in total. The minimum absolute atomic E-state index is 0.236. The number of ether oxygens (including phenoxy) is 4. The Morgan fingerprint density at radius 3 is 2.52 bits per heavy atom. The van der Waals surface area contributed by atoms with E-state index in [0.29, 0.717) is 40.9 Å². The van der Waals surface area contributed by atoms with Crippen molar-refractivity contribution in [3.05, 3.63) is 72.1 Å². The van der Waals surface area contributed by atoms with Crippen molar-refractivity contribution in [2.24, 2.45) is 0 Å². The molecular formula is C23H21N3O5. The van der Waals surface area contributed by atoms with Gasteiger partial charge in [-0.05, 0) is 30.3 Å². The summed E-state index contributed by atoms with van der Waals surface area (Å²) in [5.41, 5.74) is 1.87. The fourth-order valence-electron chi connectivity index (χ4n) is 2.71. The highest BCUT2D eigenvalue weighted by atomic mass is 16.5. The van der Waals surface area contributed by atoms with Crippen LogP contribution in [0.25, 0.3) is 0 Å². The van der Waals surface area contributed by atoms with E-state index < -0.39 is 0 Å². The van der Waals surface area contributed by atoms with Crippen molar-refractivity contribution in [1.29, 1.82) is 5.26 Å². The molecule has 0 fully saturated rings. The van der Waals surface area contributed by atoms with E-state index in [-0.39, 0.29) is 12.5 Å². The van der Waals surface area contributed by atoms with E-state index in [1.54, 1.807) is 55.9 Å². The monoisotopic (exact) mass is 419 g/mol. The van der Waals surface area contributed by atoms with Gasteiger partial charge in [-0.2, -0.15) is 5.26 Å². The summed E-state index contributed by atoms with van der Waals surface area (Å²) in [5.74, 6) is 1.41. The van der Waals surface area contributed by atoms with Crippen molar-refractivity contribution in [2.75, 3.05) is 26.1 Å². The zero-order valence-electron chi connectivity index (χ0n) is 17.1. The predicted octanol–water partition coefficient (Wildman–Crippen LogP) is 3.57. The van der Waals surface area contributed by atoms with Crippen LogP contribution in [0.2, 0.25) is 0 Å². The average Bonchev–Trinajstić information content (AvgIpc) is 2.82. The average molecular weight is 419 g/mol. The number of nitriles is 1. The van der Waals surface area contributed by atoms with Crippen LogP contribution in [0.1, 0.15) is 11.1 Å². The molecule has 0 aliphatic carbocycles. The summed E-state index contributed by atoms with van der Waals surface area (Å²) < 4.78 is 21.9. The molecule has 0 spiro atoms. The zero-order valence-corrected chi connectivity index (χ0v) is 17.1. The summed E-state index contributed by atoms with van der Waals surface area (Å²) in [4.78, 5) is 16.4. The molecule has 158 valence electrons. The van der Waals surface area contributed by atoms with Crippen molar-refractivity contribution in [2.45, 2.75) is 6.61 Å². The van der Waals surface area contributed by atoms with Crippen molar-refractivity contribution >= 4 is 11.6 Å². The maximum absolute atomic E-state index is 12.3. The van der Waals surface area contributed by atoms with Gasteiger partial charge in [-0.15, -0.1) is 0 Å². The van der Waals surface area contributed by atoms with Crippen LogP contribution in [-0.2, 0) is 11.4 Å². The Labute approximate surface area is 180 Å². The van der Waals surface area contributed by atoms with Gasteiger partial charge in [-0.1, -0.05) is 6.07 Å². The third-order valence-electron chi connectivity index (χ3n) is 4.22. The van der Waals surface area contributed by atoms with Gasteiger partial charge in [-0.3, -0.25) is 9.78 Å². The maximum atomic E-state index is 12.3. The molecule has 0 aliphatic rings. The van der Waals surface area contributed by atoms with Crippen LogP contribution in [0.4, 0.5) is 5.69 Å². The van der Waals surface area contributed by atoms with Gasteiger partial charge < -0.3 is 24.3 Å². The first-order valence-corrected chi connectivity index (χ1v) is 9.33. The van der Waals surface area contributed by atoms with E-state index in [9.17, 15) is 4.79 Å². The molecule has 3 rings (SSSR count). The van der Waals surface area contributed by atoms with E-state index in [2.05, 4.69) is 10.3 Å². The summed E-state index contributed by atoms with van der Waals surface area (Å²) >= 11 is 0. The first-order chi connectivity index (χ1) is 15.1. The Morgan fingerprint density at radius 2 is 1.81 bits per heavy atom. The lowest BCUT2D eigenvalue weighted by molar-refractivity contribution is -0.118. The number of hydrogen-bond acceptors (Lipinski definition) is 7. The Kier molecular flexibility index (Phi) is 7.27. The van der Waals surface area contributed by atoms with Crippen molar-refractivity contribution < 1.29 is 23.7 Å². The number of nitrogens with zero attached hydrogens (tertiary/aromatic N) is 2. The minimum atomic E-state index is -0.366. The molecule has 0 atom stereocenters. The lowest BCUT2D eigenvalue weighted by atomic mass is 10.2. The van der Waals surface area contributed by atoms with Gasteiger partial charge in [0, 0.05) is 35.8 Å². The second kappa shape index (κ2) is 10.5. The Morgan fingerprint density at radius 1 is 1.00 bits per heavy atom. The summed E-state index contributed by atoms with van der Waals surface area (Å²) in [5, 5.41) is 11.7. The van der Waals surface area contributed by atoms with Crippen LogP contribution in [-0.4, -0.2) is 31.7 Å². The highest BCUT2D eigenvalue weighted by Crippen LogP contribution is 2.31. The van der Waals surface area contributed by atoms with Crippen LogP contribution in [0.15, 0.2) is 60.9 Å². The third kappa shape index (κ3) is 5.87. The van der Waals surface area contributed by atoms with Gasteiger partial charge in [0.05, 0.1) is 25.9 Å². The van der Waals surface area contributed by atoms with Gasteiger partial charge in [0.15, 0.2) is 29.6 Å². The number of nitrogens with one attached hydrogen (secondary N) is 1. The van der Waals surface area contributed by atoms with Crippen LogP contribution in [0, 0.1) is 11.3 Å². The standard InChI is InChI=1S/C23H21N3O5/c1-28-19-8-6-18(11-22(19)30-14-17-4-3-9-25-13-17)26-23(27)15-31-20-7-5-16(12-24)10-21(20)29-2/h3-11,13H,14-15H2,1-2H3,(H,26,27). The highest BCUT2D eigenvalue weighted by Gasteiger charge is 2.11. The van der Waals surface area contributed by atoms with E-state index in [1.165, 1.54) is 7.11 Å². The SMILES string of the molecule is COc1cc(C#N)ccc1OCC(=O)Nc1ccc(OC)c(OCc2cccnc2)c1. The van der Waals surface area contributed by atoms with Crippen molar-refractivity contribution in [1.82, 2.24) is 4.98 Å². The largest absolute Gasteiger partial charge is 0.493 e. The molecule has 1 amide bonds. The number of aromatic nitrogens is 1. The number of anilines is 1. The van der Waals surface area contributed by atoms with E-state index >= 15 is 0 Å². The second-order valence-corrected chi connectivity index (χ2v) is 6.33. The summed E-state index contributed by atoms with van der Waals surface area (Å²) in [6.45, 7) is 0.0728. The van der Waals surface area contributed by atoms with E-state index in [4.69, 9.17) is 24.2 Å². The molecule has 0 aliphatic heterocycles. The fraction of sp³-hybridized carbons (Fsp3) is 0.174. The molecule has 1 N–H and O–H groups in total. The molecule has 31 heavy (non-hydrogen) atoms. The summed E-state index contributed by atoms with van der Waals surface area (Å²) in [6, 6.07) is 15.6. The number of rotatable bonds is 9. The lowest BCUT2D eigenvalue weighted by Gasteiger charge is -2.14. The molecule has 0 radical (unpaired) electrons. The Balaban J connectivity index is 1.62. The Bertz CT molecular complexity index is 1080. The van der Waals surface area contributed by atoms with Gasteiger partial charge in [0.1, 0.15) is 6.61 Å². The van der Waals surface area contributed by atoms with Crippen LogP contribution in [0.5, 0.6) is 23.0 Å². The fourth-order valence-corrected chi connectivity index (χ4v) is 2.71. The van der Waals surface area contributed by atoms with E-state index in [1.807, 2.05) is 18.2 Å². The summed E-state index contributed by atoms with van der Waals surface area (Å²) in [6.07, 6.45) is 3.41. The van der Waals surface area contributed by atoms with Crippen molar-refractivity contribution in [3.63, 3.8) is 0 Å². The topological polar surface area (TPSA) is 103 Å². The molecule has 8 heteroatoms. The molecule has 0 saturated carbocycles. The molecule has 0 bridgehead atoms. The normalized spacial score (nSPS) is 9.97. The number of pyridine rings is 1. The quantitative estimate of drug-likeness (QED) is 0.566. The van der Waals surface area contributed by atoms with Gasteiger partial charge in [0.2, 0.25) is 0 Å². The first kappa shape index (κ1) is 21.5. The molecule has 2 aromatic carbocycles. The number of carbonyl (C=O) groups is 1. The zero-order chi connectivity index (χ0) is 22.1. The first-order valence-electron chi connectivity index (χ1n) is 9.33. The predicted molar refractivity (Wildman–Crippen MR) is 113 cm³/mol. The van der Waals surface area contributed by atoms with Gasteiger partial charge in [-0.25, -0.2) is 0 Å². The van der Waals surface area contributed by atoms with Crippen LogP contribution < -0.4 is 24.3 Å². The van der Waals surface area contributed by atoms with Crippen LogP contribution in [0.3, 0.4) is 0 Å². The van der Waals surface area contributed by atoms with Gasteiger partial charge in [0.25, 0.3) is 5.91 Å². The molecule has 1 aromatic heterocycles. The molecule has 0 saturated heterocycles. The molecule has 1 heterocycles. The Hall–Kier alpha value is -4.25. The molecular weight excluding hydrogens is 398 g/mol. The smallest absolute Gasteiger partial charge is 0.262 e. The minimum Gasteiger partial charge on any atom is -0.493 e. The summed E-state index contributed by atoms with van der Waals surface area (Å²) in [7, 11) is 3.01. The maximum Gasteiger partial charge on any atom is 0.262 e. The number of amides is 1. The number of carbonyl (C=O) groups excluding carboxylic acids is 1. The molecule has 3 aromatic rings.